The van der Waals surface area contributed by atoms with E-state index in [0.29, 0.717) is 31.0 Å². The molecular formula is C27H28N6O2. The highest BCUT2D eigenvalue weighted by atomic mass is 16.2. The van der Waals surface area contributed by atoms with Crippen molar-refractivity contribution in [3.8, 4) is 6.07 Å². The van der Waals surface area contributed by atoms with Crippen molar-refractivity contribution in [3.05, 3.63) is 89.6 Å². The zero-order valence-corrected chi connectivity index (χ0v) is 19.6. The number of amides is 2. The number of piperazine rings is 1. The van der Waals surface area contributed by atoms with Gasteiger partial charge in [0.15, 0.2) is 0 Å². The molecule has 0 unspecified atom stereocenters. The summed E-state index contributed by atoms with van der Waals surface area (Å²) in [5.74, 6) is 0.325. The van der Waals surface area contributed by atoms with Crippen LogP contribution < -0.4 is 15.5 Å². The van der Waals surface area contributed by atoms with Crippen molar-refractivity contribution >= 4 is 23.3 Å². The first-order valence-corrected chi connectivity index (χ1v) is 11.6. The molecule has 2 amide bonds. The summed E-state index contributed by atoms with van der Waals surface area (Å²) in [5.41, 5.74) is 3.42. The minimum atomic E-state index is -0.550. The molecule has 1 aliphatic heterocycles. The molecule has 35 heavy (non-hydrogen) atoms. The summed E-state index contributed by atoms with van der Waals surface area (Å²) in [6.07, 6.45) is 2.41. The van der Waals surface area contributed by atoms with Gasteiger partial charge in [-0.05, 0) is 41.8 Å². The van der Waals surface area contributed by atoms with Crippen molar-refractivity contribution in [2.24, 2.45) is 0 Å². The molecule has 8 nitrogen and oxygen atoms in total. The number of nitrogens with one attached hydrogen (secondary N) is 2. The van der Waals surface area contributed by atoms with Crippen LogP contribution in [0.4, 0.5) is 11.5 Å². The van der Waals surface area contributed by atoms with Gasteiger partial charge in [-0.2, -0.15) is 5.26 Å². The molecule has 1 atom stereocenters. The summed E-state index contributed by atoms with van der Waals surface area (Å²) in [6, 6.07) is 22.2. The van der Waals surface area contributed by atoms with Crippen LogP contribution in [0.2, 0.25) is 0 Å². The first kappa shape index (κ1) is 23.9. The normalized spacial score (nSPS) is 14.3. The van der Waals surface area contributed by atoms with Crippen LogP contribution in [0.25, 0.3) is 0 Å². The topological polar surface area (TPSA) is 101 Å². The van der Waals surface area contributed by atoms with Gasteiger partial charge in [-0.1, -0.05) is 42.5 Å². The van der Waals surface area contributed by atoms with E-state index < -0.39 is 6.04 Å². The Morgan fingerprint density at radius 2 is 1.86 bits per heavy atom. The van der Waals surface area contributed by atoms with Crippen LogP contribution in [-0.2, 0) is 16.0 Å². The summed E-state index contributed by atoms with van der Waals surface area (Å²) in [7, 11) is 1.80. The van der Waals surface area contributed by atoms with Crippen LogP contribution in [0.3, 0.4) is 0 Å². The summed E-state index contributed by atoms with van der Waals surface area (Å²) in [5, 5.41) is 15.2. The Balaban J connectivity index is 1.39. The highest BCUT2D eigenvalue weighted by molar-refractivity contribution is 5.95. The van der Waals surface area contributed by atoms with E-state index in [9.17, 15) is 9.59 Å². The largest absolute Gasteiger partial charge is 0.359 e. The lowest BCUT2D eigenvalue weighted by Gasteiger charge is -2.33. The number of hydrogen-bond acceptors (Lipinski definition) is 6. The number of nitrogens with zero attached hydrogens (tertiary/aromatic N) is 4. The van der Waals surface area contributed by atoms with Crippen molar-refractivity contribution in [2.45, 2.75) is 12.5 Å². The molecule has 178 valence electrons. The van der Waals surface area contributed by atoms with Gasteiger partial charge in [-0.3, -0.25) is 9.59 Å². The average Bonchev–Trinajstić information content (AvgIpc) is 2.89. The summed E-state index contributed by atoms with van der Waals surface area (Å²) < 4.78 is 0. The minimum absolute atomic E-state index is 0.0754. The fraction of sp³-hybridized carbons (Fsp3) is 0.259. The zero-order chi connectivity index (χ0) is 24.6. The Kier molecular flexibility index (Phi) is 7.70. The van der Waals surface area contributed by atoms with Crippen molar-refractivity contribution in [1.29, 1.82) is 5.26 Å². The number of aromatic nitrogens is 1. The molecule has 1 saturated heterocycles. The lowest BCUT2D eigenvalue weighted by atomic mass is 10.1. The molecule has 0 saturated carbocycles. The first-order valence-electron chi connectivity index (χ1n) is 11.6. The predicted molar refractivity (Wildman–Crippen MR) is 135 cm³/mol. The van der Waals surface area contributed by atoms with Gasteiger partial charge in [0.05, 0.1) is 30.1 Å². The van der Waals surface area contributed by atoms with Gasteiger partial charge in [-0.15, -0.1) is 0 Å². The van der Waals surface area contributed by atoms with E-state index in [0.717, 1.165) is 29.8 Å². The quantitative estimate of drug-likeness (QED) is 0.527. The number of pyridine rings is 1. The monoisotopic (exact) mass is 468 g/mol. The third-order valence-electron chi connectivity index (χ3n) is 6.06. The Hall–Kier alpha value is -4.22. The molecule has 8 heteroatoms. The molecule has 0 spiro atoms. The van der Waals surface area contributed by atoms with Gasteiger partial charge >= 0.3 is 0 Å². The minimum Gasteiger partial charge on any atom is -0.359 e. The van der Waals surface area contributed by atoms with Gasteiger partial charge < -0.3 is 20.4 Å². The smallest absolute Gasteiger partial charge is 0.247 e. The second-order valence-corrected chi connectivity index (χ2v) is 8.48. The number of anilines is 2. The molecule has 2 aromatic carbocycles. The number of rotatable bonds is 8. The predicted octanol–water partition coefficient (Wildman–Crippen LogP) is 2.74. The van der Waals surface area contributed by atoms with E-state index in [1.807, 2.05) is 53.4 Å². The molecule has 2 N–H and O–H groups in total. The zero-order valence-electron chi connectivity index (χ0n) is 19.6. The number of benzene rings is 2. The van der Waals surface area contributed by atoms with Crippen molar-refractivity contribution in [1.82, 2.24) is 15.2 Å². The summed E-state index contributed by atoms with van der Waals surface area (Å²) in [6.45, 7) is 2.32. The first-order chi connectivity index (χ1) is 17.0. The number of likely N-dealkylation sites (N-methyl/N-ethyl adjacent to an activating group) is 1. The lowest BCUT2D eigenvalue weighted by Crippen LogP contribution is -2.48. The lowest BCUT2D eigenvalue weighted by molar-refractivity contribution is -0.129. The summed E-state index contributed by atoms with van der Waals surface area (Å²) >= 11 is 0. The number of nitriles is 1. The molecule has 4 rings (SSSR count). The van der Waals surface area contributed by atoms with Gasteiger partial charge in [-0.25, -0.2) is 4.98 Å². The second kappa shape index (κ2) is 11.3. The molecule has 1 aliphatic rings. The highest BCUT2D eigenvalue weighted by Crippen LogP contribution is 2.19. The van der Waals surface area contributed by atoms with Crippen molar-refractivity contribution in [3.63, 3.8) is 0 Å². The van der Waals surface area contributed by atoms with E-state index in [1.165, 1.54) is 0 Å². The maximum absolute atomic E-state index is 13.2. The third kappa shape index (κ3) is 6.22. The molecular weight excluding hydrogens is 440 g/mol. The number of hydrogen-bond donors (Lipinski definition) is 2. The van der Waals surface area contributed by atoms with E-state index >= 15 is 0 Å². The maximum Gasteiger partial charge on any atom is 0.247 e. The number of carbonyl (C=O) groups excluding carboxylic acids is 2. The summed E-state index contributed by atoms with van der Waals surface area (Å²) in [4.78, 5) is 33.3. The van der Waals surface area contributed by atoms with Crippen molar-refractivity contribution < 1.29 is 9.59 Å². The Morgan fingerprint density at radius 1 is 1.09 bits per heavy atom. The molecule has 2 heterocycles. The van der Waals surface area contributed by atoms with Gasteiger partial charge in [0.1, 0.15) is 11.9 Å². The molecule has 0 bridgehead atoms. The Morgan fingerprint density at radius 3 is 2.51 bits per heavy atom. The van der Waals surface area contributed by atoms with Crippen molar-refractivity contribution in [2.75, 3.05) is 43.4 Å². The maximum atomic E-state index is 13.2. The third-order valence-corrected chi connectivity index (χ3v) is 6.06. The fourth-order valence-corrected chi connectivity index (χ4v) is 3.94. The van der Waals surface area contributed by atoms with Gasteiger partial charge in [0, 0.05) is 26.7 Å². The van der Waals surface area contributed by atoms with Crippen LogP contribution in [0.1, 0.15) is 22.7 Å². The van der Waals surface area contributed by atoms with Crippen LogP contribution in [-0.4, -0.2) is 54.9 Å². The van der Waals surface area contributed by atoms with E-state index in [1.54, 1.807) is 36.3 Å². The molecule has 0 aliphatic carbocycles. The van der Waals surface area contributed by atoms with Gasteiger partial charge in [0.2, 0.25) is 11.8 Å². The van der Waals surface area contributed by atoms with Crippen LogP contribution >= 0.6 is 0 Å². The van der Waals surface area contributed by atoms with E-state index in [-0.39, 0.29) is 11.8 Å². The van der Waals surface area contributed by atoms with Gasteiger partial charge in [0.25, 0.3) is 0 Å². The fourth-order valence-electron chi connectivity index (χ4n) is 3.94. The molecule has 3 aromatic rings. The Labute approximate surface area is 205 Å². The SMILES string of the molecule is CN1CCN(c2ccc(NC(=O)[C@@H](NCCc3ccc(C#N)cc3)c3ccccc3)nc2)CC1=O. The standard InChI is InChI=1S/C27H28N6O2/c1-32-15-16-33(19-25(32)34)23-11-12-24(30-18-23)31-27(35)26(22-5-3-2-4-6-22)29-14-13-20-7-9-21(17-28)10-8-20/h2-12,18,26,29H,13-16,19H2,1H3,(H,30,31,35)/t26-/m0/s1. The second-order valence-electron chi connectivity index (χ2n) is 8.48. The van der Waals surface area contributed by atoms with Crippen LogP contribution in [0, 0.1) is 11.3 Å². The van der Waals surface area contributed by atoms with E-state index in [2.05, 4.69) is 21.7 Å². The van der Waals surface area contributed by atoms with Crippen LogP contribution in [0.5, 0.6) is 0 Å². The molecule has 0 radical (unpaired) electrons. The number of carbonyl (C=O) groups is 2. The molecule has 1 aromatic heterocycles. The Bertz CT molecular complexity index is 1190. The van der Waals surface area contributed by atoms with E-state index in [4.69, 9.17) is 5.26 Å². The highest BCUT2D eigenvalue weighted by Gasteiger charge is 2.23. The molecule has 1 fully saturated rings. The average molecular weight is 469 g/mol. The van der Waals surface area contributed by atoms with Crippen LogP contribution in [0.15, 0.2) is 72.9 Å².